The predicted molar refractivity (Wildman–Crippen MR) is 91.4 cm³/mol. The zero-order valence-electron chi connectivity index (χ0n) is 13.6. The van der Waals surface area contributed by atoms with Crippen molar-refractivity contribution in [1.29, 1.82) is 5.26 Å². The van der Waals surface area contributed by atoms with E-state index < -0.39 is 23.8 Å². The van der Waals surface area contributed by atoms with E-state index in [0.717, 1.165) is 17.5 Å². The van der Waals surface area contributed by atoms with E-state index in [-0.39, 0.29) is 16.0 Å². The molecular weight excluding hydrogens is 413 g/mol. The van der Waals surface area contributed by atoms with Gasteiger partial charge >= 0.3 is 6.18 Å². The smallest absolute Gasteiger partial charge is 0.323 e. The van der Waals surface area contributed by atoms with Gasteiger partial charge in [0, 0.05) is 5.92 Å². The zero-order valence-corrected chi connectivity index (χ0v) is 15.2. The minimum Gasteiger partial charge on any atom is -0.323 e. The van der Waals surface area contributed by atoms with Crippen LogP contribution >= 0.6 is 15.9 Å². The van der Waals surface area contributed by atoms with Gasteiger partial charge in [-0.25, -0.2) is 0 Å². The molecular formula is C17H14BrF3N4O. The highest BCUT2D eigenvalue weighted by molar-refractivity contribution is 9.10. The highest BCUT2D eigenvalue weighted by Crippen LogP contribution is 2.47. The second-order valence-electron chi connectivity index (χ2n) is 6.09. The summed E-state index contributed by atoms with van der Waals surface area (Å²) in [5, 5.41) is 15.4. The number of halogens is 4. The zero-order chi connectivity index (χ0) is 19.1. The van der Waals surface area contributed by atoms with E-state index in [1.54, 1.807) is 24.3 Å². The summed E-state index contributed by atoms with van der Waals surface area (Å²) in [5.41, 5.74) is -0.0693. The number of rotatable bonds is 4. The number of anilines is 1. The van der Waals surface area contributed by atoms with Crippen molar-refractivity contribution < 1.29 is 18.0 Å². The summed E-state index contributed by atoms with van der Waals surface area (Å²) >= 11 is 3.01. The van der Waals surface area contributed by atoms with Crippen molar-refractivity contribution in [2.75, 3.05) is 5.32 Å². The van der Waals surface area contributed by atoms with Gasteiger partial charge in [0.15, 0.2) is 5.69 Å². The predicted octanol–water partition coefficient (Wildman–Crippen LogP) is 4.61. The molecule has 0 saturated heterocycles. The second-order valence-corrected chi connectivity index (χ2v) is 6.88. The lowest BCUT2D eigenvalue weighted by atomic mass is 10.2. The first-order chi connectivity index (χ1) is 12.2. The summed E-state index contributed by atoms with van der Waals surface area (Å²) in [5.74, 6) is -0.590. The number of benzene rings is 1. The van der Waals surface area contributed by atoms with Crippen LogP contribution in [-0.2, 0) is 11.0 Å². The summed E-state index contributed by atoms with van der Waals surface area (Å²) in [6, 6.07) is 7.41. The third-order valence-electron chi connectivity index (χ3n) is 4.17. The number of nitrogens with one attached hydrogen (secondary N) is 1. The first-order valence-corrected chi connectivity index (χ1v) is 8.68. The molecule has 1 aliphatic carbocycles. The van der Waals surface area contributed by atoms with Gasteiger partial charge in [-0.15, -0.1) is 0 Å². The minimum atomic E-state index is -4.61. The molecule has 1 unspecified atom stereocenters. The molecule has 0 aliphatic heterocycles. The molecule has 5 nitrogen and oxygen atoms in total. The van der Waals surface area contributed by atoms with Gasteiger partial charge in [-0.3, -0.25) is 9.48 Å². The van der Waals surface area contributed by atoms with E-state index in [9.17, 15) is 18.0 Å². The lowest BCUT2D eigenvalue weighted by molar-refractivity contribution is -0.142. The average Bonchev–Trinajstić information content (AvgIpc) is 3.36. The molecule has 1 atom stereocenters. The molecule has 1 amide bonds. The number of para-hydroxylation sites is 1. The second kappa shape index (κ2) is 6.76. The first-order valence-electron chi connectivity index (χ1n) is 7.89. The van der Waals surface area contributed by atoms with Gasteiger partial charge in [0.2, 0.25) is 5.91 Å². The number of aromatic nitrogens is 2. The van der Waals surface area contributed by atoms with Crippen LogP contribution < -0.4 is 5.32 Å². The number of nitrogens with zero attached hydrogens (tertiary/aromatic N) is 3. The van der Waals surface area contributed by atoms with Crippen LogP contribution in [0.2, 0.25) is 0 Å². The van der Waals surface area contributed by atoms with Crippen LogP contribution in [0.3, 0.4) is 0 Å². The van der Waals surface area contributed by atoms with Crippen molar-refractivity contribution in [2.24, 2.45) is 0 Å². The first kappa shape index (κ1) is 18.5. The van der Waals surface area contributed by atoms with Crippen molar-refractivity contribution in [3.8, 4) is 6.07 Å². The fraction of sp³-hybridized carbons (Fsp3) is 0.353. The lowest BCUT2D eigenvalue weighted by Crippen LogP contribution is -2.26. The van der Waals surface area contributed by atoms with Gasteiger partial charge in [-0.2, -0.15) is 23.5 Å². The van der Waals surface area contributed by atoms with Crippen molar-refractivity contribution in [3.63, 3.8) is 0 Å². The number of nitriles is 1. The Morgan fingerprint density at radius 3 is 2.65 bits per heavy atom. The maximum absolute atomic E-state index is 13.2. The van der Waals surface area contributed by atoms with Crippen molar-refractivity contribution in [3.05, 3.63) is 45.7 Å². The largest absolute Gasteiger partial charge is 0.436 e. The molecule has 0 bridgehead atoms. The number of hydrogen-bond donors (Lipinski definition) is 1. The monoisotopic (exact) mass is 426 g/mol. The number of amides is 1. The Labute approximate surface area is 155 Å². The summed E-state index contributed by atoms with van der Waals surface area (Å²) in [6.07, 6.45) is -3.10. The molecule has 2 aromatic rings. The van der Waals surface area contributed by atoms with Crippen LogP contribution in [0.15, 0.2) is 28.7 Å². The molecule has 0 radical (unpaired) electrons. The Kier molecular flexibility index (Phi) is 4.80. The minimum absolute atomic E-state index is 0.0466. The van der Waals surface area contributed by atoms with E-state index in [4.69, 9.17) is 5.26 Å². The molecule has 1 aliphatic rings. The molecule has 9 heteroatoms. The maximum Gasteiger partial charge on any atom is 0.436 e. The molecule has 1 N–H and O–H groups in total. The van der Waals surface area contributed by atoms with Crippen molar-refractivity contribution in [1.82, 2.24) is 9.78 Å². The van der Waals surface area contributed by atoms with Crippen LogP contribution in [-0.4, -0.2) is 15.7 Å². The van der Waals surface area contributed by atoms with Gasteiger partial charge in [0.25, 0.3) is 0 Å². The standard InChI is InChI=1S/C17H14BrF3N4O/c1-9(16(26)23-12-5-3-2-4-11(12)8-22)25-14(10-6-7-10)13(18)15(24-25)17(19,20)21/h2-5,9-10H,6-7H2,1H3,(H,23,26). The van der Waals surface area contributed by atoms with Gasteiger partial charge in [-0.05, 0) is 47.8 Å². The molecule has 26 heavy (non-hydrogen) atoms. The van der Waals surface area contributed by atoms with Gasteiger partial charge in [0.05, 0.1) is 21.4 Å². The van der Waals surface area contributed by atoms with Crippen molar-refractivity contribution >= 4 is 27.5 Å². The summed E-state index contributed by atoms with van der Waals surface area (Å²) in [4.78, 5) is 12.6. The van der Waals surface area contributed by atoms with Crippen LogP contribution in [0.5, 0.6) is 0 Å². The van der Waals surface area contributed by atoms with Crippen LogP contribution in [0, 0.1) is 11.3 Å². The van der Waals surface area contributed by atoms with E-state index in [1.165, 1.54) is 6.92 Å². The molecule has 3 rings (SSSR count). The number of carbonyl (C=O) groups is 1. The van der Waals surface area contributed by atoms with E-state index in [1.807, 2.05) is 6.07 Å². The third-order valence-corrected chi connectivity index (χ3v) is 4.95. The lowest BCUT2D eigenvalue weighted by Gasteiger charge is -2.16. The van der Waals surface area contributed by atoms with Crippen molar-refractivity contribution in [2.45, 2.75) is 37.9 Å². The number of carbonyl (C=O) groups excluding carboxylic acids is 1. The topological polar surface area (TPSA) is 70.7 Å². The van der Waals surface area contributed by atoms with E-state index >= 15 is 0 Å². The van der Waals surface area contributed by atoms with E-state index in [2.05, 4.69) is 26.3 Å². The Hall–Kier alpha value is -2.34. The van der Waals surface area contributed by atoms with Gasteiger partial charge in [-0.1, -0.05) is 12.1 Å². The SMILES string of the molecule is CC(C(=O)Nc1ccccc1C#N)n1nc(C(F)(F)F)c(Br)c1C1CC1. The highest BCUT2D eigenvalue weighted by atomic mass is 79.9. The van der Waals surface area contributed by atoms with Crippen LogP contribution in [0.4, 0.5) is 18.9 Å². The molecule has 1 aromatic carbocycles. The Morgan fingerprint density at radius 1 is 1.42 bits per heavy atom. The molecule has 136 valence electrons. The summed E-state index contributed by atoms with van der Waals surface area (Å²) < 4.78 is 40.6. The summed E-state index contributed by atoms with van der Waals surface area (Å²) in [7, 11) is 0. The van der Waals surface area contributed by atoms with Gasteiger partial charge < -0.3 is 5.32 Å². The average molecular weight is 427 g/mol. The molecule has 1 aromatic heterocycles. The third kappa shape index (κ3) is 3.46. The Bertz CT molecular complexity index is 896. The van der Waals surface area contributed by atoms with Crippen LogP contribution in [0.1, 0.15) is 48.7 Å². The molecule has 1 heterocycles. The molecule has 1 fully saturated rings. The normalized spacial score (nSPS) is 15.4. The summed E-state index contributed by atoms with van der Waals surface area (Å²) in [6.45, 7) is 1.48. The van der Waals surface area contributed by atoms with Gasteiger partial charge in [0.1, 0.15) is 12.1 Å². The molecule has 0 spiro atoms. The fourth-order valence-corrected chi connectivity index (χ4v) is 3.47. The Morgan fingerprint density at radius 2 is 2.08 bits per heavy atom. The number of alkyl halides is 3. The maximum atomic E-state index is 13.2. The number of hydrogen-bond acceptors (Lipinski definition) is 3. The Balaban J connectivity index is 1.93. The highest BCUT2D eigenvalue weighted by Gasteiger charge is 2.43. The fourth-order valence-electron chi connectivity index (χ4n) is 2.66. The van der Waals surface area contributed by atoms with E-state index in [0.29, 0.717) is 11.4 Å². The molecule has 1 saturated carbocycles. The quantitative estimate of drug-likeness (QED) is 0.775. The van der Waals surface area contributed by atoms with Crippen LogP contribution in [0.25, 0.3) is 0 Å².